The predicted octanol–water partition coefficient (Wildman–Crippen LogP) is 3.60. The van der Waals surface area contributed by atoms with Crippen LogP contribution in [0.1, 0.15) is 46.2 Å². The van der Waals surface area contributed by atoms with E-state index in [4.69, 9.17) is 4.74 Å². The smallest absolute Gasteiger partial charge is 0.278 e. The molecule has 0 saturated carbocycles. The molecule has 4 rings (SSSR count). The quantitative estimate of drug-likeness (QED) is 0.618. The van der Waals surface area contributed by atoms with Gasteiger partial charge >= 0.3 is 0 Å². The van der Waals surface area contributed by atoms with Crippen molar-refractivity contribution in [3.63, 3.8) is 0 Å². The molecule has 1 aliphatic heterocycles. The van der Waals surface area contributed by atoms with E-state index in [1.54, 1.807) is 20.7 Å². The third kappa shape index (κ3) is 4.37. The Balaban J connectivity index is 1.42. The van der Waals surface area contributed by atoms with Crippen molar-refractivity contribution in [2.24, 2.45) is 0 Å². The zero-order valence-electron chi connectivity index (χ0n) is 18.7. The summed E-state index contributed by atoms with van der Waals surface area (Å²) in [5.74, 6) is 0.668. The van der Waals surface area contributed by atoms with Gasteiger partial charge in [-0.3, -0.25) is 9.59 Å². The van der Waals surface area contributed by atoms with Crippen molar-refractivity contribution in [1.82, 2.24) is 19.6 Å². The Morgan fingerprint density at radius 1 is 0.875 bits per heavy atom. The number of carbonyl (C=O) groups excluding carboxylic acids is 2. The normalized spacial score (nSPS) is 14.0. The second-order valence-electron chi connectivity index (χ2n) is 8.19. The Kier molecular flexibility index (Phi) is 6.25. The first-order chi connectivity index (χ1) is 15.5. The van der Waals surface area contributed by atoms with Gasteiger partial charge in [-0.25, -0.2) is 4.68 Å². The molecule has 1 fully saturated rings. The van der Waals surface area contributed by atoms with Crippen LogP contribution in [0.3, 0.4) is 0 Å². The predicted molar refractivity (Wildman–Crippen MR) is 122 cm³/mol. The molecule has 1 aromatic heterocycles. The number of benzene rings is 2. The lowest BCUT2D eigenvalue weighted by molar-refractivity contribution is 0.0530. The Labute approximate surface area is 188 Å². The van der Waals surface area contributed by atoms with Gasteiger partial charge in [0, 0.05) is 31.7 Å². The van der Waals surface area contributed by atoms with Crippen molar-refractivity contribution < 1.29 is 14.3 Å². The number of carbonyl (C=O) groups is 2. The molecule has 1 saturated heterocycles. The van der Waals surface area contributed by atoms with Crippen molar-refractivity contribution in [3.8, 4) is 11.4 Å². The zero-order valence-corrected chi connectivity index (χ0v) is 18.7. The fourth-order valence-corrected chi connectivity index (χ4v) is 3.82. The van der Waals surface area contributed by atoms with Crippen LogP contribution in [0.5, 0.6) is 5.75 Å². The van der Waals surface area contributed by atoms with E-state index in [0.717, 1.165) is 5.69 Å². The highest BCUT2D eigenvalue weighted by Gasteiger charge is 2.29. The van der Waals surface area contributed by atoms with Gasteiger partial charge in [0.1, 0.15) is 0 Å². The summed E-state index contributed by atoms with van der Waals surface area (Å²) in [7, 11) is 1.53. The number of nitrogens with zero attached hydrogens (tertiary/aromatic N) is 4. The molecule has 0 unspecified atom stereocenters. The molecule has 7 nitrogen and oxygen atoms in total. The van der Waals surface area contributed by atoms with Crippen molar-refractivity contribution in [1.29, 1.82) is 0 Å². The molecule has 32 heavy (non-hydrogen) atoms. The number of methoxy groups -OCH3 is 1. The fourth-order valence-electron chi connectivity index (χ4n) is 3.82. The monoisotopic (exact) mass is 432 g/mol. The van der Waals surface area contributed by atoms with Crippen LogP contribution in [0.25, 0.3) is 5.69 Å². The molecule has 2 heterocycles. The SMILES string of the molecule is COc1cn(-c2ccccc2)nc1C(=O)N1CCN(C(=O)c2ccc(C(C)C)cc2)CC1. The molecule has 0 atom stereocenters. The number of para-hydroxylation sites is 1. The average Bonchev–Trinajstić information content (AvgIpc) is 3.28. The van der Waals surface area contributed by atoms with E-state index in [0.29, 0.717) is 43.4 Å². The average molecular weight is 433 g/mol. The minimum absolute atomic E-state index is 0.00154. The zero-order chi connectivity index (χ0) is 22.7. The van der Waals surface area contributed by atoms with E-state index in [1.165, 1.54) is 12.7 Å². The van der Waals surface area contributed by atoms with Crippen molar-refractivity contribution in [2.45, 2.75) is 19.8 Å². The summed E-state index contributed by atoms with van der Waals surface area (Å²) in [6, 6.07) is 17.4. The van der Waals surface area contributed by atoms with Crippen molar-refractivity contribution in [2.75, 3.05) is 33.3 Å². The van der Waals surface area contributed by atoms with E-state index < -0.39 is 0 Å². The third-order valence-electron chi connectivity index (χ3n) is 5.80. The first kappa shape index (κ1) is 21.6. The topological polar surface area (TPSA) is 67.7 Å². The lowest BCUT2D eigenvalue weighted by Gasteiger charge is -2.34. The summed E-state index contributed by atoms with van der Waals surface area (Å²) in [6.07, 6.45) is 1.71. The van der Waals surface area contributed by atoms with Gasteiger partial charge < -0.3 is 14.5 Å². The van der Waals surface area contributed by atoms with Crippen LogP contribution in [-0.2, 0) is 0 Å². The molecule has 0 spiro atoms. The molecular weight excluding hydrogens is 404 g/mol. The standard InChI is InChI=1S/C25H28N4O3/c1-18(2)19-9-11-20(12-10-19)24(30)27-13-15-28(16-14-27)25(31)23-22(32-3)17-29(26-23)21-7-5-4-6-8-21/h4-12,17-18H,13-16H2,1-3H3. The van der Waals surface area contributed by atoms with Gasteiger partial charge in [-0.2, -0.15) is 5.10 Å². The van der Waals surface area contributed by atoms with Gasteiger partial charge in [-0.05, 0) is 35.7 Å². The van der Waals surface area contributed by atoms with Crippen LogP contribution >= 0.6 is 0 Å². The minimum Gasteiger partial charge on any atom is -0.493 e. The summed E-state index contributed by atoms with van der Waals surface area (Å²) in [5, 5.41) is 4.47. The minimum atomic E-state index is -0.190. The van der Waals surface area contributed by atoms with Crippen molar-refractivity contribution in [3.05, 3.63) is 77.6 Å². The highest BCUT2D eigenvalue weighted by atomic mass is 16.5. The number of piperazine rings is 1. The van der Waals surface area contributed by atoms with Crippen LogP contribution in [0.2, 0.25) is 0 Å². The molecule has 2 amide bonds. The van der Waals surface area contributed by atoms with Crippen LogP contribution < -0.4 is 4.74 Å². The maximum absolute atomic E-state index is 13.1. The number of rotatable bonds is 5. The Morgan fingerprint density at radius 2 is 1.47 bits per heavy atom. The van der Waals surface area contributed by atoms with Crippen LogP contribution in [0.15, 0.2) is 60.8 Å². The van der Waals surface area contributed by atoms with Gasteiger partial charge in [-0.1, -0.05) is 44.2 Å². The van der Waals surface area contributed by atoms with E-state index >= 15 is 0 Å². The second kappa shape index (κ2) is 9.26. The highest BCUT2D eigenvalue weighted by Crippen LogP contribution is 2.22. The molecule has 2 aromatic carbocycles. The summed E-state index contributed by atoms with van der Waals surface area (Å²) >= 11 is 0. The van der Waals surface area contributed by atoms with Crippen LogP contribution in [-0.4, -0.2) is 64.7 Å². The summed E-state index contributed by atoms with van der Waals surface area (Å²) < 4.78 is 7.05. The van der Waals surface area contributed by atoms with E-state index in [-0.39, 0.29) is 17.5 Å². The summed E-state index contributed by atoms with van der Waals surface area (Å²) in [4.78, 5) is 29.5. The highest BCUT2D eigenvalue weighted by molar-refractivity contribution is 5.96. The molecule has 7 heteroatoms. The molecular formula is C25H28N4O3. The lowest BCUT2D eigenvalue weighted by atomic mass is 10.0. The Morgan fingerprint density at radius 3 is 2.03 bits per heavy atom. The van der Waals surface area contributed by atoms with Gasteiger partial charge in [0.2, 0.25) is 0 Å². The Hall–Kier alpha value is -3.61. The molecule has 166 valence electrons. The van der Waals surface area contributed by atoms with Crippen LogP contribution in [0, 0.1) is 0 Å². The molecule has 3 aromatic rings. The molecule has 0 radical (unpaired) electrons. The lowest BCUT2D eigenvalue weighted by Crippen LogP contribution is -2.50. The van der Waals surface area contributed by atoms with Gasteiger partial charge in [-0.15, -0.1) is 0 Å². The molecule has 0 aliphatic carbocycles. The molecule has 1 aliphatic rings. The van der Waals surface area contributed by atoms with E-state index in [2.05, 4.69) is 18.9 Å². The van der Waals surface area contributed by atoms with Gasteiger partial charge in [0.15, 0.2) is 11.4 Å². The van der Waals surface area contributed by atoms with Gasteiger partial charge in [0.25, 0.3) is 11.8 Å². The van der Waals surface area contributed by atoms with Gasteiger partial charge in [0.05, 0.1) is 19.0 Å². The van der Waals surface area contributed by atoms with E-state index in [1.807, 2.05) is 54.6 Å². The number of hydrogen-bond donors (Lipinski definition) is 0. The fraction of sp³-hybridized carbons (Fsp3) is 0.320. The first-order valence-electron chi connectivity index (χ1n) is 10.9. The first-order valence-corrected chi connectivity index (χ1v) is 10.9. The second-order valence-corrected chi connectivity index (χ2v) is 8.19. The largest absolute Gasteiger partial charge is 0.493 e. The number of aromatic nitrogens is 2. The van der Waals surface area contributed by atoms with Crippen molar-refractivity contribution >= 4 is 11.8 Å². The molecule has 0 bridgehead atoms. The van der Waals surface area contributed by atoms with Crippen LogP contribution in [0.4, 0.5) is 0 Å². The number of ether oxygens (including phenoxy) is 1. The maximum Gasteiger partial charge on any atom is 0.278 e. The third-order valence-corrected chi connectivity index (χ3v) is 5.80. The Bertz CT molecular complexity index is 1080. The maximum atomic E-state index is 13.1. The number of hydrogen-bond acceptors (Lipinski definition) is 4. The molecule has 0 N–H and O–H groups in total. The summed E-state index contributed by atoms with van der Waals surface area (Å²) in [5.41, 5.74) is 3.02. The van der Waals surface area contributed by atoms with E-state index in [9.17, 15) is 9.59 Å². The number of amides is 2. The summed E-state index contributed by atoms with van der Waals surface area (Å²) in [6.45, 7) is 6.14.